The first-order valence-electron chi connectivity index (χ1n) is 5.07. The summed E-state index contributed by atoms with van der Waals surface area (Å²) in [6, 6.07) is 0.519. The van der Waals surface area contributed by atoms with E-state index in [4.69, 9.17) is 4.74 Å². The number of rotatable bonds is 3. The van der Waals surface area contributed by atoms with Crippen LogP contribution >= 0.6 is 11.3 Å². The molecule has 1 saturated heterocycles. The maximum atomic E-state index is 5.40. The number of aryl methyl sites for hydroxylation is 1. The average molecular weight is 212 g/mol. The molecule has 0 bridgehead atoms. The highest BCUT2D eigenvalue weighted by Crippen LogP contribution is 2.10. The topological polar surface area (TPSA) is 34.2 Å². The zero-order valence-electron chi connectivity index (χ0n) is 8.45. The average Bonchev–Trinajstić information content (AvgIpc) is 2.63. The second-order valence-electron chi connectivity index (χ2n) is 3.65. The first-order valence-corrected chi connectivity index (χ1v) is 5.94. The Labute approximate surface area is 88.5 Å². The standard InChI is InChI=1S/C10H16N2OS/c1-8-12-10(7-14-8)5-11-9-3-2-4-13-6-9/h7,9,11H,2-6H2,1H3/t9-/m0/s1. The van der Waals surface area contributed by atoms with Gasteiger partial charge in [0.05, 0.1) is 17.3 Å². The molecular weight excluding hydrogens is 196 g/mol. The van der Waals surface area contributed by atoms with Crippen molar-refractivity contribution in [2.45, 2.75) is 32.4 Å². The van der Waals surface area contributed by atoms with Gasteiger partial charge in [-0.05, 0) is 19.8 Å². The molecule has 78 valence electrons. The summed E-state index contributed by atoms with van der Waals surface area (Å²) >= 11 is 1.71. The molecule has 0 saturated carbocycles. The maximum Gasteiger partial charge on any atom is 0.0897 e. The Kier molecular flexibility index (Phi) is 3.50. The van der Waals surface area contributed by atoms with Crippen LogP contribution in [0.5, 0.6) is 0 Å². The Balaban J connectivity index is 1.76. The zero-order valence-corrected chi connectivity index (χ0v) is 9.27. The molecule has 1 aromatic rings. The van der Waals surface area contributed by atoms with E-state index in [9.17, 15) is 0 Å². The maximum absolute atomic E-state index is 5.40. The third-order valence-corrected chi connectivity index (χ3v) is 3.22. The van der Waals surface area contributed by atoms with Gasteiger partial charge >= 0.3 is 0 Å². The van der Waals surface area contributed by atoms with Crippen LogP contribution in [0.15, 0.2) is 5.38 Å². The fourth-order valence-electron chi connectivity index (χ4n) is 1.64. The Morgan fingerprint density at radius 3 is 3.29 bits per heavy atom. The molecule has 1 atom stereocenters. The molecule has 1 aliphatic heterocycles. The highest BCUT2D eigenvalue weighted by molar-refractivity contribution is 7.09. The summed E-state index contributed by atoms with van der Waals surface area (Å²) in [7, 11) is 0. The van der Waals surface area contributed by atoms with E-state index < -0.39 is 0 Å². The van der Waals surface area contributed by atoms with E-state index in [0.29, 0.717) is 6.04 Å². The SMILES string of the molecule is Cc1nc(CN[C@H]2CCCOC2)cs1. The number of ether oxygens (including phenoxy) is 1. The third kappa shape index (κ3) is 2.77. The van der Waals surface area contributed by atoms with Crippen molar-refractivity contribution in [2.75, 3.05) is 13.2 Å². The third-order valence-electron chi connectivity index (χ3n) is 2.40. The first kappa shape index (κ1) is 10.1. The Bertz CT molecular complexity index is 281. The van der Waals surface area contributed by atoms with E-state index in [-0.39, 0.29) is 0 Å². The molecule has 0 aromatic carbocycles. The molecule has 3 nitrogen and oxygen atoms in total. The van der Waals surface area contributed by atoms with Crippen molar-refractivity contribution in [1.29, 1.82) is 0 Å². The largest absolute Gasteiger partial charge is 0.380 e. The predicted octanol–water partition coefficient (Wildman–Crippen LogP) is 1.72. The molecule has 14 heavy (non-hydrogen) atoms. The number of aromatic nitrogens is 1. The van der Waals surface area contributed by atoms with Gasteiger partial charge in [-0.25, -0.2) is 4.98 Å². The number of nitrogens with one attached hydrogen (secondary N) is 1. The molecule has 1 N–H and O–H groups in total. The van der Waals surface area contributed by atoms with Crippen molar-refractivity contribution in [1.82, 2.24) is 10.3 Å². The van der Waals surface area contributed by atoms with Crippen LogP contribution in [-0.4, -0.2) is 24.2 Å². The van der Waals surface area contributed by atoms with Gasteiger partial charge in [-0.3, -0.25) is 0 Å². The van der Waals surface area contributed by atoms with Crippen molar-refractivity contribution in [2.24, 2.45) is 0 Å². The highest BCUT2D eigenvalue weighted by atomic mass is 32.1. The van der Waals surface area contributed by atoms with Crippen molar-refractivity contribution in [3.8, 4) is 0 Å². The summed E-state index contributed by atoms with van der Waals surface area (Å²) in [6.45, 7) is 4.69. The lowest BCUT2D eigenvalue weighted by Gasteiger charge is -2.22. The summed E-state index contributed by atoms with van der Waals surface area (Å²) in [4.78, 5) is 4.41. The van der Waals surface area contributed by atoms with Gasteiger partial charge in [0.1, 0.15) is 0 Å². The van der Waals surface area contributed by atoms with Gasteiger partial charge in [0.2, 0.25) is 0 Å². The minimum absolute atomic E-state index is 0.519. The summed E-state index contributed by atoms with van der Waals surface area (Å²) in [5, 5.41) is 6.73. The van der Waals surface area contributed by atoms with Crippen LogP contribution in [0, 0.1) is 6.92 Å². The van der Waals surface area contributed by atoms with Crippen molar-refractivity contribution in [3.05, 3.63) is 16.1 Å². The van der Waals surface area contributed by atoms with Crippen LogP contribution in [0.4, 0.5) is 0 Å². The molecule has 2 heterocycles. The van der Waals surface area contributed by atoms with E-state index >= 15 is 0 Å². The summed E-state index contributed by atoms with van der Waals surface area (Å²) in [5.74, 6) is 0. The lowest BCUT2D eigenvalue weighted by atomic mass is 10.1. The first-order chi connectivity index (χ1) is 6.84. The van der Waals surface area contributed by atoms with Gasteiger partial charge in [0, 0.05) is 24.6 Å². The van der Waals surface area contributed by atoms with Crippen LogP contribution in [0.25, 0.3) is 0 Å². The van der Waals surface area contributed by atoms with E-state index in [1.54, 1.807) is 11.3 Å². The molecule has 1 fully saturated rings. The minimum Gasteiger partial charge on any atom is -0.380 e. The van der Waals surface area contributed by atoms with Gasteiger partial charge < -0.3 is 10.1 Å². The van der Waals surface area contributed by atoms with Crippen LogP contribution in [0.3, 0.4) is 0 Å². The molecule has 0 spiro atoms. The van der Waals surface area contributed by atoms with Gasteiger partial charge in [0.25, 0.3) is 0 Å². The smallest absolute Gasteiger partial charge is 0.0897 e. The quantitative estimate of drug-likeness (QED) is 0.828. The van der Waals surface area contributed by atoms with Gasteiger partial charge in [0.15, 0.2) is 0 Å². The minimum atomic E-state index is 0.519. The second-order valence-corrected chi connectivity index (χ2v) is 4.72. The van der Waals surface area contributed by atoms with Crippen LogP contribution in [0.1, 0.15) is 23.5 Å². The van der Waals surface area contributed by atoms with E-state index in [0.717, 1.165) is 30.5 Å². The molecule has 1 aliphatic rings. The molecule has 0 radical (unpaired) electrons. The molecule has 2 rings (SSSR count). The zero-order chi connectivity index (χ0) is 9.80. The van der Waals surface area contributed by atoms with E-state index in [2.05, 4.69) is 15.7 Å². The van der Waals surface area contributed by atoms with Crippen molar-refractivity contribution >= 4 is 11.3 Å². The predicted molar refractivity (Wildman–Crippen MR) is 57.5 cm³/mol. The van der Waals surface area contributed by atoms with Gasteiger partial charge in [-0.1, -0.05) is 0 Å². The van der Waals surface area contributed by atoms with Crippen molar-refractivity contribution in [3.63, 3.8) is 0 Å². The highest BCUT2D eigenvalue weighted by Gasteiger charge is 2.13. The molecule has 4 heteroatoms. The molecule has 0 aliphatic carbocycles. The normalized spacial score (nSPS) is 22.5. The van der Waals surface area contributed by atoms with Crippen LogP contribution in [-0.2, 0) is 11.3 Å². The number of nitrogens with zero attached hydrogens (tertiary/aromatic N) is 1. The molecular formula is C10H16N2OS. The monoisotopic (exact) mass is 212 g/mol. The van der Waals surface area contributed by atoms with Crippen LogP contribution in [0.2, 0.25) is 0 Å². The van der Waals surface area contributed by atoms with Crippen molar-refractivity contribution < 1.29 is 4.74 Å². The number of hydrogen-bond donors (Lipinski definition) is 1. The fourth-order valence-corrected chi connectivity index (χ4v) is 2.25. The Morgan fingerprint density at radius 2 is 2.64 bits per heavy atom. The second kappa shape index (κ2) is 4.87. The lowest BCUT2D eigenvalue weighted by Crippen LogP contribution is -2.36. The summed E-state index contributed by atoms with van der Waals surface area (Å²) < 4.78 is 5.40. The summed E-state index contributed by atoms with van der Waals surface area (Å²) in [5.41, 5.74) is 1.15. The summed E-state index contributed by atoms with van der Waals surface area (Å²) in [6.07, 6.45) is 2.40. The molecule has 1 aromatic heterocycles. The Morgan fingerprint density at radius 1 is 1.71 bits per heavy atom. The van der Waals surface area contributed by atoms with E-state index in [1.165, 1.54) is 12.8 Å². The van der Waals surface area contributed by atoms with E-state index in [1.807, 2.05) is 6.92 Å². The fraction of sp³-hybridized carbons (Fsp3) is 0.700. The number of hydrogen-bond acceptors (Lipinski definition) is 4. The van der Waals surface area contributed by atoms with Gasteiger partial charge in [-0.2, -0.15) is 0 Å². The van der Waals surface area contributed by atoms with Crippen LogP contribution < -0.4 is 5.32 Å². The molecule has 0 amide bonds. The van der Waals surface area contributed by atoms with Gasteiger partial charge in [-0.15, -0.1) is 11.3 Å². The number of thiazole rings is 1. The lowest BCUT2D eigenvalue weighted by molar-refractivity contribution is 0.0698. The Hall–Kier alpha value is -0.450. The molecule has 0 unspecified atom stereocenters.